The maximum Gasteiger partial charge on any atom is 0.125 e. The van der Waals surface area contributed by atoms with Crippen LogP contribution in [0.5, 0.6) is 0 Å². The molecule has 2 nitrogen and oxygen atoms in total. The van der Waals surface area contributed by atoms with Crippen LogP contribution >= 0.6 is 0 Å². The quantitative estimate of drug-likeness (QED) is 0.522. The summed E-state index contributed by atoms with van der Waals surface area (Å²) in [5.41, 5.74) is 14.8. The van der Waals surface area contributed by atoms with Crippen LogP contribution < -0.4 is 5.73 Å². The first-order valence-electron chi connectivity index (χ1n) is 8.60. The van der Waals surface area contributed by atoms with Crippen molar-refractivity contribution in [2.24, 2.45) is 10.7 Å². The normalized spacial score (nSPS) is 14.9. The zero-order valence-electron chi connectivity index (χ0n) is 14.9. The van der Waals surface area contributed by atoms with Gasteiger partial charge in [0.2, 0.25) is 0 Å². The molecule has 0 heterocycles. The predicted octanol–water partition coefficient (Wildman–Crippen LogP) is 5.00. The first kappa shape index (κ1) is 15.6. The first-order chi connectivity index (χ1) is 12.0. The van der Waals surface area contributed by atoms with Gasteiger partial charge in [-0.25, -0.2) is 0 Å². The highest BCUT2D eigenvalue weighted by molar-refractivity contribution is 5.98. The second-order valence-corrected chi connectivity index (χ2v) is 7.12. The van der Waals surface area contributed by atoms with Crippen LogP contribution in [0.2, 0.25) is 0 Å². The average Bonchev–Trinajstić information content (AvgIpc) is 2.89. The van der Waals surface area contributed by atoms with E-state index < -0.39 is 0 Å². The fraction of sp³-hybridized carbons (Fsp3) is 0.174. The van der Waals surface area contributed by atoms with E-state index in [0.717, 1.165) is 5.56 Å². The van der Waals surface area contributed by atoms with Crippen molar-refractivity contribution >= 4 is 5.84 Å². The van der Waals surface area contributed by atoms with E-state index in [-0.39, 0.29) is 5.41 Å². The Morgan fingerprint density at radius 3 is 2.32 bits per heavy atom. The number of rotatable bonds is 2. The molecule has 2 heteroatoms. The van der Waals surface area contributed by atoms with Crippen molar-refractivity contribution in [1.29, 1.82) is 0 Å². The Hall–Kier alpha value is -2.87. The van der Waals surface area contributed by atoms with Gasteiger partial charge in [-0.15, -0.1) is 0 Å². The summed E-state index contributed by atoms with van der Waals surface area (Å²) in [5.74, 6) is 0.566. The third kappa shape index (κ3) is 2.37. The van der Waals surface area contributed by atoms with Crippen LogP contribution in [-0.2, 0) is 5.41 Å². The van der Waals surface area contributed by atoms with Crippen molar-refractivity contribution in [1.82, 2.24) is 0 Å². The van der Waals surface area contributed by atoms with Crippen molar-refractivity contribution < 1.29 is 0 Å². The molecule has 0 radical (unpaired) electrons. The molecule has 0 bridgehead atoms. The van der Waals surface area contributed by atoms with E-state index in [2.05, 4.69) is 73.4 Å². The number of nitrogens with two attached hydrogens (primary N) is 1. The fourth-order valence-corrected chi connectivity index (χ4v) is 3.87. The van der Waals surface area contributed by atoms with Crippen LogP contribution in [0.15, 0.2) is 71.7 Å². The smallest absolute Gasteiger partial charge is 0.125 e. The molecule has 0 aliphatic heterocycles. The largest absolute Gasteiger partial charge is 0.384 e. The molecule has 3 aromatic rings. The van der Waals surface area contributed by atoms with Gasteiger partial charge in [-0.1, -0.05) is 68.4 Å². The molecule has 1 aliphatic carbocycles. The minimum atomic E-state index is 0.0173. The molecule has 3 aromatic carbocycles. The third-order valence-corrected chi connectivity index (χ3v) is 5.32. The van der Waals surface area contributed by atoms with Crippen molar-refractivity contribution in [3.8, 4) is 22.3 Å². The SMILES string of the molecule is CN=C(N)c1cccc(-c2ccc3c(c2)C(C)(C)c2ccccc2-3)c1. The Labute approximate surface area is 149 Å². The van der Waals surface area contributed by atoms with E-state index in [9.17, 15) is 0 Å². The average molecular weight is 326 g/mol. The van der Waals surface area contributed by atoms with Gasteiger partial charge in [0, 0.05) is 18.0 Å². The Kier molecular flexibility index (Phi) is 3.50. The molecule has 0 atom stereocenters. The number of hydrogen-bond donors (Lipinski definition) is 1. The molecule has 124 valence electrons. The van der Waals surface area contributed by atoms with Gasteiger partial charge in [0.05, 0.1) is 0 Å². The Morgan fingerprint density at radius 2 is 1.52 bits per heavy atom. The highest BCUT2D eigenvalue weighted by Gasteiger charge is 2.35. The lowest BCUT2D eigenvalue weighted by Gasteiger charge is -2.22. The molecule has 0 saturated carbocycles. The molecule has 4 rings (SSSR count). The van der Waals surface area contributed by atoms with Gasteiger partial charge >= 0.3 is 0 Å². The van der Waals surface area contributed by atoms with Gasteiger partial charge in [0.1, 0.15) is 5.84 Å². The standard InChI is InChI=1S/C23H22N2/c1-23(2)20-10-5-4-9-18(20)19-12-11-16(14-21(19)23)15-7-6-8-17(13-15)22(24)25-3/h4-14H,1-3H3,(H2,24,25). The molecular formula is C23H22N2. The summed E-state index contributed by atoms with van der Waals surface area (Å²) >= 11 is 0. The minimum Gasteiger partial charge on any atom is -0.384 e. The molecule has 0 amide bonds. The Balaban J connectivity index is 1.86. The topological polar surface area (TPSA) is 38.4 Å². The summed E-state index contributed by atoms with van der Waals surface area (Å²) in [6.45, 7) is 4.61. The van der Waals surface area contributed by atoms with Crippen LogP contribution in [0.1, 0.15) is 30.5 Å². The molecule has 0 spiro atoms. The first-order valence-corrected chi connectivity index (χ1v) is 8.60. The van der Waals surface area contributed by atoms with E-state index >= 15 is 0 Å². The summed E-state index contributed by atoms with van der Waals surface area (Å²) in [6, 6.07) is 23.8. The summed E-state index contributed by atoms with van der Waals surface area (Å²) < 4.78 is 0. The minimum absolute atomic E-state index is 0.0173. The van der Waals surface area contributed by atoms with Crippen molar-refractivity contribution in [3.63, 3.8) is 0 Å². The van der Waals surface area contributed by atoms with Gasteiger partial charge in [-0.05, 0) is 45.5 Å². The van der Waals surface area contributed by atoms with E-state index in [0.29, 0.717) is 5.84 Å². The van der Waals surface area contributed by atoms with Gasteiger partial charge in [0.15, 0.2) is 0 Å². The van der Waals surface area contributed by atoms with Gasteiger partial charge in [-0.2, -0.15) is 0 Å². The Bertz CT molecular complexity index is 996. The van der Waals surface area contributed by atoms with Crippen molar-refractivity contribution in [3.05, 3.63) is 83.4 Å². The van der Waals surface area contributed by atoms with Crippen LogP contribution in [0.25, 0.3) is 22.3 Å². The van der Waals surface area contributed by atoms with Gasteiger partial charge < -0.3 is 5.73 Å². The molecule has 2 N–H and O–H groups in total. The zero-order valence-corrected chi connectivity index (χ0v) is 14.9. The van der Waals surface area contributed by atoms with Crippen LogP contribution in [-0.4, -0.2) is 12.9 Å². The number of aliphatic imine (C=N–C) groups is 1. The third-order valence-electron chi connectivity index (χ3n) is 5.32. The highest BCUT2D eigenvalue weighted by atomic mass is 14.8. The molecule has 0 aromatic heterocycles. The van der Waals surface area contributed by atoms with E-state index in [1.54, 1.807) is 7.05 Å². The summed E-state index contributed by atoms with van der Waals surface area (Å²) in [6.07, 6.45) is 0. The molecule has 1 aliphatic rings. The maximum absolute atomic E-state index is 5.98. The second-order valence-electron chi connectivity index (χ2n) is 7.12. The summed E-state index contributed by atoms with van der Waals surface area (Å²) in [4.78, 5) is 4.10. The second kappa shape index (κ2) is 5.59. The lowest BCUT2D eigenvalue weighted by Crippen LogP contribution is -2.15. The highest BCUT2D eigenvalue weighted by Crippen LogP contribution is 2.49. The molecule has 0 unspecified atom stereocenters. The van der Waals surface area contributed by atoms with Gasteiger partial charge in [-0.3, -0.25) is 4.99 Å². The number of nitrogens with zero attached hydrogens (tertiary/aromatic N) is 1. The molecule has 0 fully saturated rings. The zero-order chi connectivity index (χ0) is 17.6. The van der Waals surface area contributed by atoms with E-state index in [1.165, 1.54) is 33.4 Å². The predicted molar refractivity (Wildman–Crippen MR) is 106 cm³/mol. The lowest BCUT2D eigenvalue weighted by atomic mass is 9.81. The molecule has 0 saturated heterocycles. The van der Waals surface area contributed by atoms with Crippen molar-refractivity contribution in [2.45, 2.75) is 19.3 Å². The van der Waals surface area contributed by atoms with Crippen LogP contribution in [0.3, 0.4) is 0 Å². The number of hydrogen-bond acceptors (Lipinski definition) is 1. The Morgan fingerprint density at radius 1 is 0.800 bits per heavy atom. The van der Waals surface area contributed by atoms with Crippen LogP contribution in [0.4, 0.5) is 0 Å². The van der Waals surface area contributed by atoms with Gasteiger partial charge in [0.25, 0.3) is 0 Å². The van der Waals surface area contributed by atoms with Crippen LogP contribution in [0, 0.1) is 0 Å². The summed E-state index contributed by atoms with van der Waals surface area (Å²) in [7, 11) is 1.72. The van der Waals surface area contributed by atoms with Crippen molar-refractivity contribution in [2.75, 3.05) is 7.05 Å². The number of amidine groups is 1. The lowest BCUT2D eigenvalue weighted by molar-refractivity contribution is 0.660. The maximum atomic E-state index is 5.98. The number of fused-ring (bicyclic) bond motifs is 3. The fourth-order valence-electron chi connectivity index (χ4n) is 3.87. The number of benzene rings is 3. The van der Waals surface area contributed by atoms with E-state index in [1.807, 2.05) is 12.1 Å². The monoisotopic (exact) mass is 326 g/mol. The molecule has 25 heavy (non-hydrogen) atoms. The van der Waals surface area contributed by atoms with E-state index in [4.69, 9.17) is 5.73 Å². The summed E-state index contributed by atoms with van der Waals surface area (Å²) in [5, 5.41) is 0. The molecular weight excluding hydrogens is 304 g/mol.